The lowest BCUT2D eigenvalue weighted by atomic mass is 10.1. The van der Waals surface area contributed by atoms with Crippen LogP contribution in [0.1, 0.15) is 0 Å². The Morgan fingerprint density at radius 1 is 1.00 bits per heavy atom. The van der Waals surface area contributed by atoms with Crippen molar-refractivity contribution in [3.8, 4) is 0 Å². The average molecular weight is 293 g/mol. The summed E-state index contributed by atoms with van der Waals surface area (Å²) in [5.74, 6) is -15.1. The van der Waals surface area contributed by atoms with Gasteiger partial charge < -0.3 is 0 Å². The quantitative estimate of drug-likeness (QED) is 0.544. The van der Waals surface area contributed by atoms with E-state index < -0.39 is 28.8 Å². The largest absolute Gasteiger partial charge is 0.370 e. The van der Waals surface area contributed by atoms with E-state index in [4.69, 9.17) is 0 Å². The highest BCUT2D eigenvalue weighted by molar-refractivity contribution is 9.09. The van der Waals surface area contributed by atoms with E-state index in [1.54, 1.807) is 0 Å². The Hall–Kier alpha value is -0.340. The second kappa shape index (κ2) is 4.03. The maximum atomic E-state index is 12.2. The van der Waals surface area contributed by atoms with Crippen molar-refractivity contribution in [2.75, 3.05) is 0 Å². The number of allylic oxidation sites excluding steroid dienone is 1. The molecule has 0 bridgehead atoms. The molecule has 0 heterocycles. The van der Waals surface area contributed by atoms with Crippen LogP contribution in [0.2, 0.25) is 0 Å². The summed E-state index contributed by atoms with van der Waals surface area (Å²) in [6.07, 6.45) is -3.62. The van der Waals surface area contributed by atoms with Gasteiger partial charge in [-0.05, 0) is 15.9 Å². The van der Waals surface area contributed by atoms with E-state index in [1.165, 1.54) is 15.9 Å². The maximum Gasteiger partial charge on any atom is 0.370 e. The van der Waals surface area contributed by atoms with E-state index in [-0.39, 0.29) is 0 Å². The first kappa shape index (κ1) is 13.7. The third-order valence-corrected chi connectivity index (χ3v) is 1.71. The summed E-state index contributed by atoms with van der Waals surface area (Å²) in [7, 11) is 0. The molecule has 0 amide bonds. The number of halogens is 9. The summed E-state index contributed by atoms with van der Waals surface area (Å²) in [4.78, 5) is 0. The maximum absolute atomic E-state index is 12.2. The smallest absolute Gasteiger partial charge is 0.228 e. The van der Waals surface area contributed by atoms with Crippen molar-refractivity contribution in [3.63, 3.8) is 0 Å². The SMILES string of the molecule is FC(F)=C(F)C(F)(F)C(F)(F)C(F)Br. The van der Waals surface area contributed by atoms with Crippen molar-refractivity contribution in [1.29, 1.82) is 0 Å². The normalized spacial score (nSPS) is 15.2. The van der Waals surface area contributed by atoms with Crippen LogP contribution in [0.4, 0.5) is 35.1 Å². The van der Waals surface area contributed by atoms with Gasteiger partial charge in [-0.2, -0.15) is 30.7 Å². The number of rotatable bonds is 3. The van der Waals surface area contributed by atoms with E-state index in [2.05, 4.69) is 0 Å². The van der Waals surface area contributed by atoms with E-state index >= 15 is 0 Å². The summed E-state index contributed by atoms with van der Waals surface area (Å²) >= 11 is 1.42. The molecule has 0 aliphatic rings. The molecule has 0 saturated carbocycles. The third kappa shape index (κ3) is 2.18. The van der Waals surface area contributed by atoms with Gasteiger partial charge in [-0.1, -0.05) is 0 Å². The highest BCUT2D eigenvalue weighted by atomic mass is 79.9. The molecule has 1 unspecified atom stereocenters. The zero-order valence-corrected chi connectivity index (χ0v) is 7.57. The monoisotopic (exact) mass is 292 g/mol. The van der Waals surface area contributed by atoms with Crippen molar-refractivity contribution in [1.82, 2.24) is 0 Å². The standard InChI is InChI=1S/C5HBrF8/c6-3(10)5(13,14)4(11,12)1(7)2(8)9/h3H. The number of hydrogen-bond acceptors (Lipinski definition) is 0. The molecule has 0 rings (SSSR count). The first-order chi connectivity index (χ1) is 6.05. The van der Waals surface area contributed by atoms with Crippen molar-refractivity contribution >= 4 is 15.9 Å². The van der Waals surface area contributed by atoms with Gasteiger partial charge in [0.2, 0.25) is 10.9 Å². The highest BCUT2D eigenvalue weighted by Crippen LogP contribution is 2.46. The minimum absolute atomic E-state index is 1.42. The van der Waals surface area contributed by atoms with Crippen LogP contribution >= 0.6 is 15.9 Å². The van der Waals surface area contributed by atoms with Crippen LogP contribution in [0.25, 0.3) is 0 Å². The molecule has 0 radical (unpaired) electrons. The summed E-state index contributed by atoms with van der Waals surface area (Å²) in [5, 5.41) is -3.64. The van der Waals surface area contributed by atoms with Crippen LogP contribution < -0.4 is 0 Å². The predicted molar refractivity (Wildman–Crippen MR) is 34.1 cm³/mol. The fourth-order valence-electron chi connectivity index (χ4n) is 0.402. The highest BCUT2D eigenvalue weighted by Gasteiger charge is 2.65. The molecule has 0 aliphatic heterocycles. The van der Waals surface area contributed by atoms with Gasteiger partial charge in [-0.15, -0.1) is 0 Å². The Kier molecular flexibility index (Phi) is 3.93. The zero-order chi connectivity index (χ0) is 11.7. The molecule has 1 atom stereocenters. The number of alkyl halides is 6. The van der Waals surface area contributed by atoms with Crippen LogP contribution in [0.3, 0.4) is 0 Å². The van der Waals surface area contributed by atoms with E-state index in [0.29, 0.717) is 0 Å². The lowest BCUT2D eigenvalue weighted by molar-refractivity contribution is -0.210. The molecule has 84 valence electrons. The molecule has 0 aromatic carbocycles. The van der Waals surface area contributed by atoms with Crippen LogP contribution in [-0.4, -0.2) is 16.9 Å². The van der Waals surface area contributed by atoms with Gasteiger partial charge in [0.15, 0.2) is 0 Å². The third-order valence-electron chi connectivity index (χ3n) is 1.13. The lowest BCUT2D eigenvalue weighted by Gasteiger charge is -2.24. The van der Waals surface area contributed by atoms with Gasteiger partial charge >= 0.3 is 17.9 Å². The summed E-state index contributed by atoms with van der Waals surface area (Å²) in [6, 6.07) is 0. The predicted octanol–water partition coefficient (Wildman–Crippen LogP) is 4.03. The summed E-state index contributed by atoms with van der Waals surface area (Å²) < 4.78 is 94.9. The van der Waals surface area contributed by atoms with E-state index in [9.17, 15) is 35.1 Å². The fourth-order valence-corrected chi connectivity index (χ4v) is 0.690. The molecule has 0 saturated heterocycles. The first-order valence-electron chi connectivity index (χ1n) is 2.80. The van der Waals surface area contributed by atoms with Gasteiger partial charge in [0.1, 0.15) is 0 Å². The molecule has 9 heteroatoms. The topological polar surface area (TPSA) is 0 Å². The Bertz CT molecular complexity index is 240. The van der Waals surface area contributed by atoms with Crippen molar-refractivity contribution in [2.24, 2.45) is 0 Å². The molecule has 0 N–H and O–H groups in total. The molecule has 14 heavy (non-hydrogen) atoms. The molecule has 0 spiro atoms. The van der Waals surface area contributed by atoms with Crippen molar-refractivity contribution < 1.29 is 35.1 Å². The van der Waals surface area contributed by atoms with Crippen molar-refractivity contribution in [3.05, 3.63) is 11.9 Å². The van der Waals surface area contributed by atoms with Crippen LogP contribution in [0.15, 0.2) is 11.9 Å². The Balaban J connectivity index is 5.26. The van der Waals surface area contributed by atoms with Crippen molar-refractivity contribution in [2.45, 2.75) is 16.9 Å². The molecule has 0 aliphatic carbocycles. The van der Waals surface area contributed by atoms with E-state index in [1.807, 2.05) is 0 Å². The summed E-state index contributed by atoms with van der Waals surface area (Å²) in [6.45, 7) is 0. The van der Waals surface area contributed by atoms with Gasteiger partial charge in [-0.25, -0.2) is 4.39 Å². The first-order valence-corrected chi connectivity index (χ1v) is 3.71. The van der Waals surface area contributed by atoms with Gasteiger partial charge in [0, 0.05) is 0 Å². The van der Waals surface area contributed by atoms with Crippen LogP contribution in [0, 0.1) is 0 Å². The van der Waals surface area contributed by atoms with Crippen LogP contribution in [0.5, 0.6) is 0 Å². The minimum atomic E-state index is -5.89. The average Bonchev–Trinajstić information content (AvgIpc) is 2.01. The molecule has 0 aromatic rings. The Morgan fingerprint density at radius 3 is 1.57 bits per heavy atom. The Morgan fingerprint density at radius 2 is 1.36 bits per heavy atom. The Labute approximate surface area is 80.7 Å². The number of hydrogen-bond donors (Lipinski definition) is 0. The molecule has 0 aromatic heterocycles. The zero-order valence-electron chi connectivity index (χ0n) is 5.98. The summed E-state index contributed by atoms with van der Waals surface area (Å²) in [5.41, 5.74) is 0. The molecule has 0 nitrogen and oxygen atoms in total. The molecule has 0 fully saturated rings. The van der Waals surface area contributed by atoms with Gasteiger partial charge in [0.25, 0.3) is 0 Å². The lowest BCUT2D eigenvalue weighted by Crippen LogP contribution is -2.46. The van der Waals surface area contributed by atoms with Gasteiger partial charge in [-0.3, -0.25) is 0 Å². The van der Waals surface area contributed by atoms with E-state index in [0.717, 1.165) is 0 Å². The minimum Gasteiger partial charge on any atom is -0.228 e. The molecular formula is C5HBrF8. The van der Waals surface area contributed by atoms with Crippen LogP contribution in [-0.2, 0) is 0 Å². The fraction of sp³-hybridized carbons (Fsp3) is 0.600. The molecular weight excluding hydrogens is 292 g/mol. The second-order valence-electron chi connectivity index (χ2n) is 2.07. The van der Waals surface area contributed by atoms with Gasteiger partial charge in [0.05, 0.1) is 0 Å². The second-order valence-corrected chi connectivity index (χ2v) is 2.88.